The predicted octanol–water partition coefficient (Wildman–Crippen LogP) is 3.13. The van der Waals surface area contributed by atoms with Crippen molar-refractivity contribution >= 4 is 21.4 Å². The molecule has 0 aromatic heterocycles. The lowest BCUT2D eigenvalue weighted by Crippen LogP contribution is -2.17. The molecule has 0 aliphatic carbocycles. The molecule has 0 amide bonds. The lowest BCUT2D eigenvalue weighted by Gasteiger charge is -2.16. The molecule has 0 heterocycles. The van der Waals surface area contributed by atoms with Crippen LogP contribution in [-0.4, -0.2) is 8.42 Å². The predicted molar refractivity (Wildman–Crippen MR) is 82.3 cm³/mol. The van der Waals surface area contributed by atoms with Crippen LogP contribution in [0.2, 0.25) is 0 Å². The fourth-order valence-electron chi connectivity index (χ4n) is 2.34. The number of para-hydroxylation sites is 1. The molecule has 2 aromatic carbocycles. The molecule has 2 rings (SSSR count). The van der Waals surface area contributed by atoms with E-state index >= 15 is 0 Å². The monoisotopic (exact) mass is 308 g/mol. The first-order chi connectivity index (χ1) is 9.74. The van der Waals surface area contributed by atoms with Gasteiger partial charge in [-0.2, -0.15) is 0 Å². The number of nitrogens with one attached hydrogen (secondary N) is 1. The number of hydrogen-bond donors (Lipinski definition) is 2. The lowest BCUT2D eigenvalue weighted by molar-refractivity contribution is 0.597. The standard InChI is InChI=1S/C15H17FN2O2S/c1-9-8-10(2)15(11(3)14(9)17)21(19,20)18-13-7-5-4-6-12(13)16/h4-8,18H,17H2,1-3H3. The van der Waals surface area contributed by atoms with Crippen LogP contribution in [0.25, 0.3) is 0 Å². The average Bonchev–Trinajstić information content (AvgIpc) is 2.38. The molecular weight excluding hydrogens is 291 g/mol. The first kappa shape index (κ1) is 15.3. The fourth-order valence-corrected chi connectivity index (χ4v) is 3.89. The maximum absolute atomic E-state index is 13.6. The molecule has 0 aliphatic rings. The highest BCUT2D eigenvalue weighted by Gasteiger charge is 2.23. The van der Waals surface area contributed by atoms with Crippen molar-refractivity contribution in [2.75, 3.05) is 10.5 Å². The molecule has 2 aromatic rings. The van der Waals surface area contributed by atoms with E-state index in [-0.39, 0.29) is 10.6 Å². The van der Waals surface area contributed by atoms with E-state index < -0.39 is 15.8 Å². The topological polar surface area (TPSA) is 72.2 Å². The summed E-state index contributed by atoms with van der Waals surface area (Å²) in [6, 6.07) is 7.33. The van der Waals surface area contributed by atoms with Gasteiger partial charge in [-0.1, -0.05) is 18.2 Å². The second-order valence-corrected chi connectivity index (χ2v) is 6.58. The number of nitrogen functional groups attached to an aromatic ring is 1. The molecule has 0 fully saturated rings. The molecule has 0 spiro atoms. The van der Waals surface area contributed by atoms with Gasteiger partial charge in [0.1, 0.15) is 5.82 Å². The number of anilines is 2. The van der Waals surface area contributed by atoms with E-state index in [4.69, 9.17) is 5.73 Å². The van der Waals surface area contributed by atoms with Crippen LogP contribution in [0.15, 0.2) is 35.2 Å². The first-order valence-electron chi connectivity index (χ1n) is 6.37. The summed E-state index contributed by atoms with van der Waals surface area (Å²) < 4.78 is 41.0. The maximum atomic E-state index is 13.6. The summed E-state index contributed by atoms with van der Waals surface area (Å²) >= 11 is 0. The van der Waals surface area contributed by atoms with Gasteiger partial charge in [0.05, 0.1) is 10.6 Å². The summed E-state index contributed by atoms with van der Waals surface area (Å²) in [6.45, 7) is 5.15. The van der Waals surface area contributed by atoms with Crippen LogP contribution in [0.5, 0.6) is 0 Å². The number of halogens is 1. The van der Waals surface area contributed by atoms with E-state index in [1.54, 1.807) is 26.0 Å². The lowest BCUT2D eigenvalue weighted by atomic mass is 10.1. The Labute approximate surface area is 123 Å². The molecule has 3 N–H and O–H groups in total. The van der Waals surface area contributed by atoms with Crippen LogP contribution in [0.1, 0.15) is 16.7 Å². The smallest absolute Gasteiger partial charge is 0.262 e. The minimum atomic E-state index is -3.91. The zero-order valence-electron chi connectivity index (χ0n) is 12.1. The highest BCUT2D eigenvalue weighted by atomic mass is 32.2. The Hall–Kier alpha value is -2.08. The number of hydrogen-bond acceptors (Lipinski definition) is 3. The summed E-state index contributed by atoms with van der Waals surface area (Å²) in [5.74, 6) is -0.628. The Balaban J connectivity index is 2.56. The zero-order valence-corrected chi connectivity index (χ0v) is 12.9. The molecular formula is C15H17FN2O2S. The number of aryl methyl sites for hydroxylation is 2. The van der Waals surface area contributed by atoms with E-state index in [1.807, 2.05) is 6.92 Å². The van der Waals surface area contributed by atoms with Crippen molar-refractivity contribution in [1.82, 2.24) is 0 Å². The van der Waals surface area contributed by atoms with Gasteiger partial charge in [-0.15, -0.1) is 0 Å². The molecule has 6 heteroatoms. The molecule has 0 atom stereocenters. The van der Waals surface area contributed by atoms with Crippen LogP contribution in [0.4, 0.5) is 15.8 Å². The van der Waals surface area contributed by atoms with Crippen molar-refractivity contribution in [2.45, 2.75) is 25.7 Å². The SMILES string of the molecule is Cc1cc(C)c(S(=O)(=O)Nc2ccccc2F)c(C)c1N. The van der Waals surface area contributed by atoms with Gasteiger partial charge < -0.3 is 5.73 Å². The van der Waals surface area contributed by atoms with Crippen LogP contribution in [0.3, 0.4) is 0 Å². The van der Waals surface area contributed by atoms with Crippen molar-refractivity contribution in [1.29, 1.82) is 0 Å². The van der Waals surface area contributed by atoms with Gasteiger partial charge in [0.25, 0.3) is 10.0 Å². The molecule has 0 saturated carbocycles. The van der Waals surface area contributed by atoms with Crippen molar-refractivity contribution < 1.29 is 12.8 Å². The maximum Gasteiger partial charge on any atom is 0.262 e. The van der Waals surface area contributed by atoms with Gasteiger partial charge in [-0.3, -0.25) is 4.72 Å². The number of rotatable bonds is 3. The summed E-state index contributed by atoms with van der Waals surface area (Å²) in [4.78, 5) is 0.0915. The molecule has 112 valence electrons. The molecule has 21 heavy (non-hydrogen) atoms. The van der Waals surface area contributed by atoms with Crippen LogP contribution in [0, 0.1) is 26.6 Å². The van der Waals surface area contributed by atoms with Gasteiger partial charge in [-0.25, -0.2) is 12.8 Å². The van der Waals surface area contributed by atoms with Gasteiger partial charge in [0.2, 0.25) is 0 Å². The molecule has 0 saturated heterocycles. The third-order valence-electron chi connectivity index (χ3n) is 3.35. The second-order valence-electron chi connectivity index (χ2n) is 4.96. The highest BCUT2D eigenvalue weighted by Crippen LogP contribution is 2.29. The van der Waals surface area contributed by atoms with E-state index in [2.05, 4.69) is 4.72 Å². The minimum absolute atomic E-state index is 0.0875. The fraction of sp³-hybridized carbons (Fsp3) is 0.200. The molecule has 0 aliphatic heterocycles. The normalized spacial score (nSPS) is 11.4. The van der Waals surface area contributed by atoms with E-state index in [0.717, 1.165) is 5.56 Å². The van der Waals surface area contributed by atoms with Crippen LogP contribution in [-0.2, 0) is 10.0 Å². The first-order valence-corrected chi connectivity index (χ1v) is 7.86. The molecule has 0 unspecified atom stereocenters. The number of sulfonamides is 1. The zero-order chi connectivity index (χ0) is 15.8. The van der Waals surface area contributed by atoms with Crippen molar-refractivity contribution in [3.8, 4) is 0 Å². The van der Waals surface area contributed by atoms with Crippen molar-refractivity contribution in [3.05, 3.63) is 52.8 Å². The van der Waals surface area contributed by atoms with Gasteiger partial charge in [0.15, 0.2) is 0 Å². The Morgan fingerprint density at radius 3 is 2.33 bits per heavy atom. The molecule has 0 radical (unpaired) electrons. The summed E-state index contributed by atoms with van der Waals surface area (Å²) in [6.07, 6.45) is 0. The van der Waals surface area contributed by atoms with Crippen molar-refractivity contribution in [2.24, 2.45) is 0 Å². The molecule has 4 nitrogen and oxygen atoms in total. The number of benzene rings is 2. The largest absolute Gasteiger partial charge is 0.398 e. The minimum Gasteiger partial charge on any atom is -0.398 e. The Bertz CT molecular complexity index is 802. The van der Waals surface area contributed by atoms with Gasteiger partial charge in [-0.05, 0) is 49.6 Å². The van der Waals surface area contributed by atoms with Crippen LogP contribution < -0.4 is 10.5 Å². The van der Waals surface area contributed by atoms with Crippen molar-refractivity contribution in [3.63, 3.8) is 0 Å². The summed E-state index contributed by atoms with van der Waals surface area (Å²) in [5.41, 5.74) is 8.10. The third-order valence-corrected chi connectivity index (χ3v) is 5.00. The van der Waals surface area contributed by atoms with E-state index in [1.165, 1.54) is 18.2 Å². The van der Waals surface area contributed by atoms with E-state index in [9.17, 15) is 12.8 Å². The number of nitrogens with two attached hydrogens (primary N) is 1. The highest BCUT2D eigenvalue weighted by molar-refractivity contribution is 7.92. The molecule has 0 bridgehead atoms. The van der Waals surface area contributed by atoms with Gasteiger partial charge in [0, 0.05) is 5.69 Å². The quantitative estimate of drug-likeness (QED) is 0.856. The Morgan fingerprint density at radius 2 is 1.71 bits per heavy atom. The van der Waals surface area contributed by atoms with Gasteiger partial charge >= 0.3 is 0 Å². The average molecular weight is 308 g/mol. The summed E-state index contributed by atoms with van der Waals surface area (Å²) in [5, 5.41) is 0. The second kappa shape index (κ2) is 5.37. The summed E-state index contributed by atoms with van der Waals surface area (Å²) in [7, 11) is -3.91. The Kier molecular flexibility index (Phi) is 3.91. The van der Waals surface area contributed by atoms with Crippen LogP contribution >= 0.6 is 0 Å². The van der Waals surface area contributed by atoms with E-state index in [0.29, 0.717) is 16.8 Å². The Morgan fingerprint density at radius 1 is 1.10 bits per heavy atom. The third kappa shape index (κ3) is 2.85.